The van der Waals surface area contributed by atoms with Crippen LogP contribution in [0.3, 0.4) is 0 Å². The molecule has 1 aromatic heterocycles. The topological polar surface area (TPSA) is 59.4 Å². The minimum atomic E-state index is -0.726. The van der Waals surface area contributed by atoms with Crippen LogP contribution in [0, 0.1) is 6.92 Å². The Balaban J connectivity index is 1.85. The highest BCUT2D eigenvalue weighted by atomic mass is 16.3. The molecule has 0 aliphatic carbocycles. The van der Waals surface area contributed by atoms with Crippen molar-refractivity contribution in [3.05, 3.63) is 77.4 Å². The lowest BCUT2D eigenvalue weighted by molar-refractivity contribution is 0.219. The average molecular weight is 303 g/mol. The van der Waals surface area contributed by atoms with E-state index in [-0.39, 0.29) is 0 Å². The molecule has 0 amide bonds. The number of rotatable bonds is 2. The summed E-state index contributed by atoms with van der Waals surface area (Å²) in [5, 5.41) is 12.9. The molecule has 4 rings (SSSR count). The van der Waals surface area contributed by atoms with Gasteiger partial charge in [0.15, 0.2) is 0 Å². The van der Waals surface area contributed by atoms with Crippen molar-refractivity contribution < 1.29 is 9.52 Å². The van der Waals surface area contributed by atoms with Crippen LogP contribution in [0.25, 0.3) is 21.9 Å². The lowest BCUT2D eigenvalue weighted by atomic mass is 9.96. The van der Waals surface area contributed by atoms with Crippen LogP contribution in [0.15, 0.2) is 65.1 Å². The summed E-state index contributed by atoms with van der Waals surface area (Å²) in [5.74, 6) is 0. The maximum atomic E-state index is 10.7. The Morgan fingerprint density at radius 1 is 0.913 bits per heavy atom. The van der Waals surface area contributed by atoms with E-state index in [9.17, 15) is 5.11 Å². The van der Waals surface area contributed by atoms with Gasteiger partial charge in [-0.2, -0.15) is 0 Å². The molecule has 3 heteroatoms. The zero-order chi connectivity index (χ0) is 16.0. The molecule has 114 valence electrons. The number of aliphatic hydroxyl groups is 1. The molecule has 0 bridgehead atoms. The van der Waals surface area contributed by atoms with Crippen molar-refractivity contribution >= 4 is 27.6 Å². The Morgan fingerprint density at radius 3 is 2.57 bits per heavy atom. The number of hydrogen-bond acceptors (Lipinski definition) is 3. The van der Waals surface area contributed by atoms with Crippen molar-refractivity contribution in [3.8, 4) is 0 Å². The van der Waals surface area contributed by atoms with Crippen molar-refractivity contribution in [1.29, 1.82) is 0 Å². The molecule has 3 aromatic carbocycles. The molecule has 0 fully saturated rings. The molecular weight excluding hydrogens is 286 g/mol. The summed E-state index contributed by atoms with van der Waals surface area (Å²) < 4.78 is 5.90. The van der Waals surface area contributed by atoms with Crippen LogP contribution in [0.4, 0.5) is 5.69 Å². The standard InChI is InChI=1S/C20H17NO2/c1-12-14(6-4-7-17(12)21)20(22)13-9-10-16-15-5-2-3-8-18(15)23-19(16)11-13/h2-11,20,22H,21H2,1H3/t20-/m1/s1. The summed E-state index contributed by atoms with van der Waals surface area (Å²) >= 11 is 0. The number of benzene rings is 3. The second-order valence-corrected chi connectivity index (χ2v) is 5.82. The number of anilines is 1. The predicted octanol–water partition coefficient (Wildman–Crippen LogP) is 4.56. The van der Waals surface area contributed by atoms with E-state index in [0.717, 1.165) is 38.6 Å². The number of nitrogens with two attached hydrogens (primary N) is 1. The summed E-state index contributed by atoms with van der Waals surface area (Å²) in [5.41, 5.74) is 10.8. The molecule has 1 heterocycles. The molecule has 0 aliphatic heterocycles. The third-order valence-electron chi connectivity index (χ3n) is 4.43. The smallest absolute Gasteiger partial charge is 0.135 e. The van der Waals surface area contributed by atoms with Gasteiger partial charge in [0.2, 0.25) is 0 Å². The SMILES string of the molecule is Cc1c(N)cccc1[C@H](O)c1ccc2c(c1)oc1ccccc12. The van der Waals surface area contributed by atoms with Gasteiger partial charge in [0.05, 0.1) is 0 Å². The lowest BCUT2D eigenvalue weighted by Gasteiger charge is -2.15. The highest BCUT2D eigenvalue weighted by molar-refractivity contribution is 6.04. The van der Waals surface area contributed by atoms with Crippen LogP contribution in [0.5, 0.6) is 0 Å². The highest BCUT2D eigenvalue weighted by Gasteiger charge is 2.16. The first-order valence-electron chi connectivity index (χ1n) is 7.59. The maximum Gasteiger partial charge on any atom is 0.135 e. The van der Waals surface area contributed by atoms with Crippen molar-refractivity contribution in [2.45, 2.75) is 13.0 Å². The number of para-hydroxylation sites is 1. The fourth-order valence-electron chi connectivity index (χ4n) is 3.06. The summed E-state index contributed by atoms with van der Waals surface area (Å²) in [6, 6.07) is 19.4. The highest BCUT2D eigenvalue weighted by Crippen LogP contribution is 2.33. The van der Waals surface area contributed by atoms with Gasteiger partial charge in [-0.15, -0.1) is 0 Å². The number of hydrogen-bond donors (Lipinski definition) is 2. The van der Waals surface area contributed by atoms with Gasteiger partial charge in [-0.3, -0.25) is 0 Å². The second-order valence-electron chi connectivity index (χ2n) is 5.82. The minimum absolute atomic E-state index is 0.686. The minimum Gasteiger partial charge on any atom is -0.456 e. The predicted molar refractivity (Wildman–Crippen MR) is 93.4 cm³/mol. The Hall–Kier alpha value is -2.78. The van der Waals surface area contributed by atoms with Gasteiger partial charge in [0.1, 0.15) is 17.3 Å². The first-order valence-corrected chi connectivity index (χ1v) is 7.59. The van der Waals surface area contributed by atoms with Crippen LogP contribution in [-0.4, -0.2) is 5.11 Å². The monoisotopic (exact) mass is 303 g/mol. The molecule has 0 aliphatic rings. The van der Waals surface area contributed by atoms with E-state index in [1.54, 1.807) is 0 Å². The van der Waals surface area contributed by atoms with Crippen LogP contribution in [0.1, 0.15) is 22.8 Å². The zero-order valence-corrected chi connectivity index (χ0v) is 12.8. The molecule has 0 unspecified atom stereocenters. The van der Waals surface area contributed by atoms with Gasteiger partial charge in [-0.1, -0.05) is 42.5 Å². The van der Waals surface area contributed by atoms with E-state index in [1.165, 1.54) is 0 Å². The van der Waals surface area contributed by atoms with Crippen molar-refractivity contribution in [1.82, 2.24) is 0 Å². The van der Waals surface area contributed by atoms with Crippen molar-refractivity contribution in [3.63, 3.8) is 0 Å². The first kappa shape index (κ1) is 13.9. The molecule has 23 heavy (non-hydrogen) atoms. The normalized spacial score (nSPS) is 12.8. The van der Waals surface area contributed by atoms with E-state index in [1.807, 2.05) is 67.6 Å². The fraction of sp³-hybridized carbons (Fsp3) is 0.100. The Kier molecular flexibility index (Phi) is 3.10. The molecule has 3 nitrogen and oxygen atoms in total. The summed E-state index contributed by atoms with van der Waals surface area (Å²) in [6.07, 6.45) is -0.726. The van der Waals surface area contributed by atoms with Gasteiger partial charge in [0, 0.05) is 16.5 Å². The van der Waals surface area contributed by atoms with Crippen LogP contribution >= 0.6 is 0 Å². The summed E-state index contributed by atoms with van der Waals surface area (Å²) in [4.78, 5) is 0. The molecule has 0 radical (unpaired) electrons. The Morgan fingerprint density at radius 2 is 1.70 bits per heavy atom. The number of furan rings is 1. The molecule has 0 saturated heterocycles. The van der Waals surface area contributed by atoms with Gasteiger partial charge >= 0.3 is 0 Å². The molecule has 1 atom stereocenters. The Labute approximate surface area is 134 Å². The average Bonchev–Trinajstić information content (AvgIpc) is 2.94. The van der Waals surface area contributed by atoms with Gasteiger partial charge in [0.25, 0.3) is 0 Å². The van der Waals surface area contributed by atoms with Gasteiger partial charge in [-0.25, -0.2) is 0 Å². The number of aliphatic hydroxyl groups excluding tert-OH is 1. The molecule has 0 saturated carbocycles. The fourth-order valence-corrected chi connectivity index (χ4v) is 3.06. The van der Waals surface area contributed by atoms with Crippen molar-refractivity contribution in [2.75, 3.05) is 5.73 Å². The van der Waals surface area contributed by atoms with E-state index in [2.05, 4.69) is 0 Å². The van der Waals surface area contributed by atoms with E-state index in [4.69, 9.17) is 10.2 Å². The Bertz CT molecular complexity index is 1020. The first-order chi connectivity index (χ1) is 11.1. The molecule has 3 N–H and O–H groups in total. The van der Waals surface area contributed by atoms with E-state index < -0.39 is 6.10 Å². The quantitative estimate of drug-likeness (QED) is 0.534. The summed E-state index contributed by atoms with van der Waals surface area (Å²) in [7, 11) is 0. The van der Waals surface area contributed by atoms with Crippen LogP contribution in [-0.2, 0) is 0 Å². The summed E-state index contributed by atoms with van der Waals surface area (Å²) in [6.45, 7) is 1.92. The molecule has 0 spiro atoms. The third kappa shape index (κ3) is 2.17. The van der Waals surface area contributed by atoms with E-state index >= 15 is 0 Å². The van der Waals surface area contributed by atoms with Crippen molar-refractivity contribution in [2.24, 2.45) is 0 Å². The second kappa shape index (κ2) is 5.14. The van der Waals surface area contributed by atoms with Crippen LogP contribution in [0.2, 0.25) is 0 Å². The lowest BCUT2D eigenvalue weighted by Crippen LogP contribution is -2.04. The number of nitrogen functional groups attached to an aromatic ring is 1. The molecular formula is C20H17NO2. The van der Waals surface area contributed by atoms with Gasteiger partial charge < -0.3 is 15.3 Å². The van der Waals surface area contributed by atoms with E-state index in [0.29, 0.717) is 5.69 Å². The third-order valence-corrected chi connectivity index (χ3v) is 4.43. The van der Waals surface area contributed by atoms with Gasteiger partial charge in [-0.05, 0) is 41.8 Å². The maximum absolute atomic E-state index is 10.7. The largest absolute Gasteiger partial charge is 0.456 e. The van der Waals surface area contributed by atoms with Crippen LogP contribution < -0.4 is 5.73 Å². The molecule has 4 aromatic rings. The number of fused-ring (bicyclic) bond motifs is 3. The zero-order valence-electron chi connectivity index (χ0n) is 12.8.